The van der Waals surface area contributed by atoms with Crippen LogP contribution in [0.2, 0.25) is 0 Å². The van der Waals surface area contributed by atoms with E-state index in [9.17, 15) is 4.39 Å². The van der Waals surface area contributed by atoms with Gasteiger partial charge in [0.15, 0.2) is 5.16 Å². The van der Waals surface area contributed by atoms with Gasteiger partial charge in [-0.05, 0) is 11.6 Å². The van der Waals surface area contributed by atoms with Gasteiger partial charge in [-0.25, -0.2) is 9.37 Å². The van der Waals surface area contributed by atoms with Crippen molar-refractivity contribution >= 4 is 11.8 Å². The van der Waals surface area contributed by atoms with Crippen LogP contribution in [0.1, 0.15) is 11.1 Å². The lowest BCUT2D eigenvalue weighted by Crippen LogP contribution is -1.94. The number of nitriles is 1. The molecule has 1 heterocycles. The van der Waals surface area contributed by atoms with Crippen molar-refractivity contribution in [2.75, 3.05) is 0 Å². The summed E-state index contributed by atoms with van der Waals surface area (Å²) in [6.45, 7) is 0. The van der Waals surface area contributed by atoms with Gasteiger partial charge < -0.3 is 4.57 Å². The first kappa shape index (κ1) is 11.7. The van der Waals surface area contributed by atoms with Crippen molar-refractivity contribution in [3.8, 4) is 6.07 Å². The quantitative estimate of drug-likeness (QED) is 0.783. The molecule has 0 spiro atoms. The Morgan fingerprint density at radius 3 is 3.00 bits per heavy atom. The van der Waals surface area contributed by atoms with Gasteiger partial charge in [-0.3, -0.25) is 0 Å². The number of rotatable bonds is 3. The summed E-state index contributed by atoms with van der Waals surface area (Å²) in [5.74, 6) is 0.0309. The summed E-state index contributed by atoms with van der Waals surface area (Å²) in [6, 6.07) is 6.69. The van der Waals surface area contributed by atoms with Crippen LogP contribution in [0.25, 0.3) is 0 Å². The van der Waals surface area contributed by atoms with Crippen molar-refractivity contribution in [2.45, 2.75) is 10.9 Å². The number of benzene rings is 1. The van der Waals surface area contributed by atoms with E-state index in [1.165, 1.54) is 17.8 Å². The molecule has 86 valence electrons. The molecule has 0 N–H and O–H groups in total. The molecular formula is C12H10FN3S. The average molecular weight is 247 g/mol. The van der Waals surface area contributed by atoms with E-state index in [0.717, 1.165) is 5.16 Å². The number of hydrogen-bond donors (Lipinski definition) is 0. The van der Waals surface area contributed by atoms with Crippen molar-refractivity contribution in [3.05, 3.63) is 47.5 Å². The Bertz CT molecular complexity index is 571. The summed E-state index contributed by atoms with van der Waals surface area (Å²) in [5, 5.41) is 9.55. The van der Waals surface area contributed by atoms with Crippen molar-refractivity contribution in [2.24, 2.45) is 7.05 Å². The van der Waals surface area contributed by atoms with E-state index in [1.807, 2.05) is 23.9 Å². The van der Waals surface area contributed by atoms with Crippen LogP contribution < -0.4 is 0 Å². The normalized spacial score (nSPS) is 10.2. The molecule has 0 atom stereocenters. The van der Waals surface area contributed by atoms with Gasteiger partial charge in [0.2, 0.25) is 0 Å². The molecule has 0 aliphatic heterocycles. The van der Waals surface area contributed by atoms with Crippen LogP contribution in [0.4, 0.5) is 4.39 Å². The molecule has 0 saturated heterocycles. The van der Waals surface area contributed by atoms with Crippen molar-refractivity contribution in [3.63, 3.8) is 0 Å². The maximum absolute atomic E-state index is 13.7. The van der Waals surface area contributed by atoms with Crippen LogP contribution in [0.5, 0.6) is 0 Å². The topological polar surface area (TPSA) is 41.6 Å². The Labute approximate surface area is 103 Å². The number of thioether (sulfide) groups is 1. The Kier molecular flexibility index (Phi) is 3.45. The monoisotopic (exact) mass is 247 g/mol. The molecule has 5 heteroatoms. The first-order valence-electron chi connectivity index (χ1n) is 5.00. The highest BCUT2D eigenvalue weighted by molar-refractivity contribution is 7.98. The summed E-state index contributed by atoms with van der Waals surface area (Å²) >= 11 is 1.44. The predicted octanol–water partition coefficient (Wildman–Crippen LogP) is 2.72. The van der Waals surface area contributed by atoms with Crippen LogP contribution >= 0.6 is 11.8 Å². The van der Waals surface area contributed by atoms with Crippen LogP contribution in [0, 0.1) is 17.1 Å². The van der Waals surface area contributed by atoms with Crippen molar-refractivity contribution < 1.29 is 4.39 Å². The fourth-order valence-electron chi connectivity index (χ4n) is 1.41. The van der Waals surface area contributed by atoms with Crippen molar-refractivity contribution in [1.82, 2.24) is 9.55 Å². The molecule has 0 aliphatic carbocycles. The molecule has 0 amide bonds. The van der Waals surface area contributed by atoms with Gasteiger partial charge in [-0.2, -0.15) is 5.26 Å². The molecule has 0 fully saturated rings. The highest BCUT2D eigenvalue weighted by Crippen LogP contribution is 2.23. The third-order valence-electron chi connectivity index (χ3n) is 2.33. The van der Waals surface area contributed by atoms with Gasteiger partial charge in [0.1, 0.15) is 11.9 Å². The molecule has 0 unspecified atom stereocenters. The molecule has 17 heavy (non-hydrogen) atoms. The van der Waals surface area contributed by atoms with Crippen LogP contribution in [-0.2, 0) is 12.8 Å². The SMILES string of the molecule is Cn1ccnc1SCc1cccc(C#N)c1F. The average Bonchev–Trinajstić information content (AvgIpc) is 2.74. The third kappa shape index (κ3) is 2.48. The maximum Gasteiger partial charge on any atom is 0.167 e. The molecule has 2 aromatic rings. The van der Waals surface area contributed by atoms with Crippen LogP contribution in [0.15, 0.2) is 35.7 Å². The number of hydrogen-bond acceptors (Lipinski definition) is 3. The zero-order valence-electron chi connectivity index (χ0n) is 9.22. The Morgan fingerprint density at radius 2 is 2.35 bits per heavy atom. The van der Waals surface area contributed by atoms with E-state index in [2.05, 4.69) is 4.98 Å². The maximum atomic E-state index is 13.7. The molecular weight excluding hydrogens is 237 g/mol. The predicted molar refractivity (Wildman–Crippen MR) is 63.9 cm³/mol. The summed E-state index contributed by atoms with van der Waals surface area (Å²) in [6.07, 6.45) is 3.54. The van der Waals surface area contributed by atoms with Gasteiger partial charge >= 0.3 is 0 Å². The minimum atomic E-state index is -0.434. The van der Waals surface area contributed by atoms with Gasteiger partial charge in [0.25, 0.3) is 0 Å². The molecule has 1 aromatic carbocycles. The highest BCUT2D eigenvalue weighted by atomic mass is 32.2. The number of aryl methyl sites for hydroxylation is 1. The lowest BCUT2D eigenvalue weighted by atomic mass is 10.1. The molecule has 0 bridgehead atoms. The van der Waals surface area contributed by atoms with Gasteiger partial charge in [-0.15, -0.1) is 0 Å². The smallest absolute Gasteiger partial charge is 0.167 e. The molecule has 3 nitrogen and oxygen atoms in total. The first-order chi connectivity index (χ1) is 8.22. The number of nitrogens with zero attached hydrogens (tertiary/aromatic N) is 3. The number of aromatic nitrogens is 2. The van der Waals surface area contributed by atoms with Gasteiger partial charge in [0, 0.05) is 25.2 Å². The fraction of sp³-hybridized carbons (Fsp3) is 0.167. The molecule has 0 aliphatic rings. The largest absolute Gasteiger partial charge is 0.329 e. The van der Waals surface area contributed by atoms with E-state index in [1.54, 1.807) is 18.3 Å². The van der Waals surface area contributed by atoms with Crippen molar-refractivity contribution in [1.29, 1.82) is 5.26 Å². The van der Waals surface area contributed by atoms with E-state index in [-0.39, 0.29) is 5.56 Å². The Morgan fingerprint density at radius 1 is 1.53 bits per heavy atom. The second kappa shape index (κ2) is 5.02. The number of halogens is 1. The molecule has 2 rings (SSSR count). The number of imidazole rings is 1. The zero-order chi connectivity index (χ0) is 12.3. The van der Waals surface area contributed by atoms with E-state index >= 15 is 0 Å². The van der Waals surface area contributed by atoms with Gasteiger partial charge in [0.05, 0.1) is 5.56 Å². The third-order valence-corrected chi connectivity index (χ3v) is 3.44. The second-order valence-corrected chi connectivity index (χ2v) is 4.44. The minimum Gasteiger partial charge on any atom is -0.329 e. The lowest BCUT2D eigenvalue weighted by Gasteiger charge is -2.04. The van der Waals surface area contributed by atoms with E-state index in [4.69, 9.17) is 5.26 Å². The van der Waals surface area contributed by atoms with Gasteiger partial charge in [-0.1, -0.05) is 23.9 Å². The highest BCUT2D eigenvalue weighted by Gasteiger charge is 2.09. The summed E-state index contributed by atoms with van der Waals surface area (Å²) in [5.41, 5.74) is 0.611. The lowest BCUT2D eigenvalue weighted by molar-refractivity contribution is 0.613. The van der Waals surface area contributed by atoms with Crippen LogP contribution in [-0.4, -0.2) is 9.55 Å². The fourth-order valence-corrected chi connectivity index (χ4v) is 2.32. The molecule has 1 aromatic heterocycles. The first-order valence-corrected chi connectivity index (χ1v) is 5.98. The Hall–Kier alpha value is -1.80. The summed E-state index contributed by atoms with van der Waals surface area (Å²) in [7, 11) is 1.89. The summed E-state index contributed by atoms with van der Waals surface area (Å²) in [4.78, 5) is 4.14. The standard InChI is InChI=1S/C12H10FN3S/c1-16-6-5-15-12(16)17-8-10-4-2-3-9(7-14)11(10)13/h2-6H,8H2,1H3. The molecule has 0 saturated carbocycles. The summed E-state index contributed by atoms with van der Waals surface area (Å²) < 4.78 is 15.6. The minimum absolute atomic E-state index is 0.0861. The second-order valence-electron chi connectivity index (χ2n) is 3.50. The Balaban J connectivity index is 2.15. The van der Waals surface area contributed by atoms with E-state index < -0.39 is 5.82 Å². The zero-order valence-corrected chi connectivity index (χ0v) is 10.0. The van der Waals surface area contributed by atoms with Crippen LogP contribution in [0.3, 0.4) is 0 Å². The van der Waals surface area contributed by atoms with E-state index in [0.29, 0.717) is 11.3 Å². The molecule has 0 radical (unpaired) electrons.